The van der Waals surface area contributed by atoms with Crippen molar-refractivity contribution in [3.63, 3.8) is 0 Å². The first-order valence-corrected chi connectivity index (χ1v) is 4.97. The highest BCUT2D eigenvalue weighted by atomic mass is 16.3. The lowest BCUT2D eigenvalue weighted by molar-refractivity contribution is 0.183. The van der Waals surface area contributed by atoms with Gasteiger partial charge in [-0.2, -0.15) is 5.10 Å². The number of aliphatic hydroxyl groups excluding tert-OH is 1. The zero-order chi connectivity index (χ0) is 10.6. The smallest absolute Gasteiger partial charge is 0.0537 e. The van der Waals surface area contributed by atoms with Crippen LogP contribution in [0.25, 0.3) is 0 Å². The molecule has 14 heavy (non-hydrogen) atoms. The van der Waals surface area contributed by atoms with Crippen LogP contribution in [-0.4, -0.2) is 27.5 Å². The topological polar surface area (TPSA) is 50.1 Å². The van der Waals surface area contributed by atoms with Gasteiger partial charge in [0, 0.05) is 24.8 Å². The second-order valence-corrected chi connectivity index (χ2v) is 3.69. The van der Waals surface area contributed by atoms with E-state index in [-0.39, 0.29) is 6.10 Å². The standard InChI is InChI=1S/C10H19N3O/c1-8(14)4-5-11-6-10-7-12-13(3)9(10)2/h7-8,11,14H,4-6H2,1-3H3. The SMILES string of the molecule is Cc1c(CNCCC(C)O)cnn1C. The number of hydrogen-bond acceptors (Lipinski definition) is 3. The van der Waals surface area contributed by atoms with Crippen molar-refractivity contribution in [2.45, 2.75) is 32.9 Å². The summed E-state index contributed by atoms with van der Waals surface area (Å²) >= 11 is 0. The van der Waals surface area contributed by atoms with Crippen molar-refractivity contribution in [3.8, 4) is 0 Å². The molecule has 0 aromatic carbocycles. The van der Waals surface area contributed by atoms with Gasteiger partial charge in [-0.25, -0.2) is 0 Å². The Morgan fingerprint density at radius 2 is 2.36 bits per heavy atom. The minimum atomic E-state index is -0.225. The lowest BCUT2D eigenvalue weighted by Gasteiger charge is -2.05. The van der Waals surface area contributed by atoms with Crippen molar-refractivity contribution in [2.24, 2.45) is 7.05 Å². The van der Waals surface area contributed by atoms with E-state index in [1.165, 1.54) is 11.3 Å². The molecule has 0 fully saturated rings. The molecule has 4 nitrogen and oxygen atoms in total. The predicted octanol–water partition coefficient (Wildman–Crippen LogP) is 0.589. The highest BCUT2D eigenvalue weighted by molar-refractivity contribution is 5.15. The first-order valence-electron chi connectivity index (χ1n) is 4.97. The van der Waals surface area contributed by atoms with Crippen LogP contribution in [0, 0.1) is 6.92 Å². The Kier molecular flexibility index (Phi) is 4.10. The zero-order valence-corrected chi connectivity index (χ0v) is 9.12. The van der Waals surface area contributed by atoms with Gasteiger partial charge in [0.2, 0.25) is 0 Å². The highest BCUT2D eigenvalue weighted by Gasteiger charge is 2.02. The molecular weight excluding hydrogens is 178 g/mol. The lowest BCUT2D eigenvalue weighted by Crippen LogP contribution is -2.18. The number of rotatable bonds is 5. The van der Waals surface area contributed by atoms with Gasteiger partial charge in [0.15, 0.2) is 0 Å². The van der Waals surface area contributed by atoms with E-state index >= 15 is 0 Å². The molecule has 0 spiro atoms. The summed E-state index contributed by atoms with van der Waals surface area (Å²) in [6.07, 6.45) is 2.45. The molecule has 2 N–H and O–H groups in total. The van der Waals surface area contributed by atoms with E-state index in [4.69, 9.17) is 5.11 Å². The maximum atomic E-state index is 9.05. The van der Waals surface area contributed by atoms with E-state index in [9.17, 15) is 0 Å². The Balaban J connectivity index is 2.28. The van der Waals surface area contributed by atoms with E-state index in [0.717, 1.165) is 19.5 Å². The minimum absolute atomic E-state index is 0.225. The molecule has 0 aliphatic heterocycles. The number of aromatic nitrogens is 2. The first-order chi connectivity index (χ1) is 6.61. The van der Waals surface area contributed by atoms with Gasteiger partial charge in [0.25, 0.3) is 0 Å². The molecule has 0 amide bonds. The Bertz CT molecular complexity index is 281. The van der Waals surface area contributed by atoms with Gasteiger partial charge in [0.1, 0.15) is 0 Å². The Morgan fingerprint density at radius 3 is 2.86 bits per heavy atom. The lowest BCUT2D eigenvalue weighted by atomic mass is 10.2. The molecule has 1 unspecified atom stereocenters. The van der Waals surface area contributed by atoms with Gasteiger partial charge >= 0.3 is 0 Å². The van der Waals surface area contributed by atoms with Crippen molar-refractivity contribution >= 4 is 0 Å². The zero-order valence-electron chi connectivity index (χ0n) is 9.12. The van der Waals surface area contributed by atoms with Crippen LogP contribution in [0.5, 0.6) is 0 Å². The molecule has 1 atom stereocenters. The van der Waals surface area contributed by atoms with Crippen molar-refractivity contribution in [1.29, 1.82) is 0 Å². The molecule has 1 heterocycles. The molecular formula is C10H19N3O. The van der Waals surface area contributed by atoms with Crippen LogP contribution in [-0.2, 0) is 13.6 Å². The molecule has 1 aromatic heterocycles. The highest BCUT2D eigenvalue weighted by Crippen LogP contribution is 2.04. The van der Waals surface area contributed by atoms with Crippen molar-refractivity contribution < 1.29 is 5.11 Å². The number of aliphatic hydroxyl groups is 1. The third-order valence-corrected chi connectivity index (χ3v) is 2.39. The quantitative estimate of drug-likeness (QED) is 0.679. The van der Waals surface area contributed by atoms with Crippen LogP contribution in [0.3, 0.4) is 0 Å². The molecule has 4 heteroatoms. The molecule has 80 valence electrons. The van der Waals surface area contributed by atoms with Crippen LogP contribution in [0.4, 0.5) is 0 Å². The van der Waals surface area contributed by atoms with Gasteiger partial charge in [-0.3, -0.25) is 4.68 Å². The summed E-state index contributed by atoms with van der Waals surface area (Å²) in [5.41, 5.74) is 2.41. The van der Waals surface area contributed by atoms with E-state index in [2.05, 4.69) is 17.3 Å². The average Bonchev–Trinajstić information content (AvgIpc) is 2.43. The first kappa shape index (κ1) is 11.2. The Labute approximate surface area is 84.9 Å². The molecule has 0 bridgehead atoms. The number of hydrogen-bond donors (Lipinski definition) is 2. The summed E-state index contributed by atoms with van der Waals surface area (Å²) in [5, 5.41) is 16.5. The maximum absolute atomic E-state index is 9.05. The summed E-state index contributed by atoms with van der Waals surface area (Å²) in [4.78, 5) is 0. The Morgan fingerprint density at radius 1 is 1.64 bits per heavy atom. The molecule has 0 saturated heterocycles. The van der Waals surface area contributed by atoms with Gasteiger partial charge in [-0.15, -0.1) is 0 Å². The summed E-state index contributed by atoms with van der Waals surface area (Å²) in [5.74, 6) is 0. The van der Waals surface area contributed by atoms with E-state index in [1.54, 1.807) is 6.92 Å². The fourth-order valence-electron chi connectivity index (χ4n) is 1.25. The largest absolute Gasteiger partial charge is 0.393 e. The van der Waals surface area contributed by atoms with E-state index in [1.807, 2.05) is 17.9 Å². The summed E-state index contributed by atoms with van der Waals surface area (Å²) in [7, 11) is 1.94. The van der Waals surface area contributed by atoms with Crippen molar-refractivity contribution in [2.75, 3.05) is 6.54 Å². The third kappa shape index (κ3) is 3.12. The predicted molar refractivity (Wildman–Crippen MR) is 55.9 cm³/mol. The molecule has 0 saturated carbocycles. The van der Waals surface area contributed by atoms with Gasteiger partial charge < -0.3 is 10.4 Å². The van der Waals surface area contributed by atoms with Crippen molar-refractivity contribution in [3.05, 3.63) is 17.5 Å². The number of nitrogens with zero attached hydrogens (tertiary/aromatic N) is 2. The van der Waals surface area contributed by atoms with Crippen LogP contribution < -0.4 is 5.32 Å². The molecule has 0 radical (unpaired) electrons. The maximum Gasteiger partial charge on any atom is 0.0537 e. The second-order valence-electron chi connectivity index (χ2n) is 3.69. The fourth-order valence-corrected chi connectivity index (χ4v) is 1.25. The van der Waals surface area contributed by atoms with E-state index < -0.39 is 0 Å². The van der Waals surface area contributed by atoms with Gasteiger partial charge in [-0.1, -0.05) is 0 Å². The summed E-state index contributed by atoms with van der Waals surface area (Å²) in [6, 6.07) is 0. The molecule has 0 aliphatic carbocycles. The van der Waals surface area contributed by atoms with Crippen LogP contribution in [0.1, 0.15) is 24.6 Å². The van der Waals surface area contributed by atoms with Crippen LogP contribution in [0.15, 0.2) is 6.20 Å². The fraction of sp³-hybridized carbons (Fsp3) is 0.700. The van der Waals surface area contributed by atoms with Crippen LogP contribution in [0.2, 0.25) is 0 Å². The molecule has 1 rings (SSSR count). The van der Waals surface area contributed by atoms with Gasteiger partial charge in [-0.05, 0) is 26.8 Å². The van der Waals surface area contributed by atoms with Crippen LogP contribution >= 0.6 is 0 Å². The third-order valence-electron chi connectivity index (χ3n) is 2.39. The summed E-state index contributed by atoms with van der Waals surface area (Å²) < 4.78 is 1.87. The van der Waals surface area contributed by atoms with Gasteiger partial charge in [0.05, 0.1) is 12.3 Å². The Hall–Kier alpha value is -0.870. The molecule has 1 aromatic rings. The normalized spacial score (nSPS) is 13.1. The number of aryl methyl sites for hydroxylation is 1. The monoisotopic (exact) mass is 197 g/mol. The minimum Gasteiger partial charge on any atom is -0.393 e. The molecule has 0 aliphatic rings. The van der Waals surface area contributed by atoms with E-state index in [0.29, 0.717) is 0 Å². The second kappa shape index (κ2) is 5.12. The summed E-state index contributed by atoms with van der Waals surface area (Å²) in [6.45, 7) is 5.52. The number of nitrogens with one attached hydrogen (secondary N) is 1. The average molecular weight is 197 g/mol. The van der Waals surface area contributed by atoms with Crippen molar-refractivity contribution in [1.82, 2.24) is 15.1 Å².